The lowest BCUT2D eigenvalue weighted by molar-refractivity contribution is 0.111. The average molecular weight is 248 g/mol. The van der Waals surface area contributed by atoms with Crippen molar-refractivity contribution in [2.24, 2.45) is 0 Å². The van der Waals surface area contributed by atoms with Crippen LogP contribution < -0.4 is 0 Å². The largest absolute Gasteiger partial charge is 0.296 e. The Bertz CT molecular complexity index is 649. The fraction of sp³-hybridized carbons (Fsp3) is 0.0909. The van der Waals surface area contributed by atoms with Gasteiger partial charge in [-0.3, -0.25) is 9.20 Å². The van der Waals surface area contributed by atoms with E-state index >= 15 is 0 Å². The van der Waals surface area contributed by atoms with Crippen molar-refractivity contribution in [3.8, 4) is 10.6 Å². The lowest BCUT2D eigenvalue weighted by Crippen LogP contribution is -1.92. The molecule has 0 amide bonds. The molecule has 5 heteroatoms. The maximum Gasteiger partial charge on any atom is 0.195 e. The van der Waals surface area contributed by atoms with Crippen LogP contribution in [0.4, 0.5) is 0 Å². The van der Waals surface area contributed by atoms with Crippen LogP contribution >= 0.6 is 22.7 Å². The molecule has 0 radical (unpaired) electrons. The summed E-state index contributed by atoms with van der Waals surface area (Å²) in [5, 5.41) is 4.07. The van der Waals surface area contributed by atoms with Gasteiger partial charge in [0.25, 0.3) is 0 Å². The Hall–Kier alpha value is -1.46. The highest BCUT2D eigenvalue weighted by molar-refractivity contribution is 7.16. The van der Waals surface area contributed by atoms with E-state index in [0.717, 1.165) is 27.5 Å². The quantitative estimate of drug-likeness (QED) is 0.652. The molecule has 0 spiro atoms. The number of thiophene rings is 1. The minimum atomic E-state index is 0.652. The number of carbonyl (C=O) groups excluding carboxylic acids is 1. The van der Waals surface area contributed by atoms with Crippen molar-refractivity contribution in [3.63, 3.8) is 0 Å². The molecule has 0 aliphatic heterocycles. The number of hydrogen-bond donors (Lipinski definition) is 0. The van der Waals surface area contributed by atoms with Gasteiger partial charge in [0.2, 0.25) is 0 Å². The van der Waals surface area contributed by atoms with Crippen LogP contribution in [0, 0.1) is 6.92 Å². The van der Waals surface area contributed by atoms with Gasteiger partial charge in [-0.25, -0.2) is 4.98 Å². The van der Waals surface area contributed by atoms with Crippen molar-refractivity contribution in [1.29, 1.82) is 0 Å². The van der Waals surface area contributed by atoms with Gasteiger partial charge in [0.1, 0.15) is 5.69 Å². The van der Waals surface area contributed by atoms with Crippen molar-refractivity contribution in [3.05, 3.63) is 34.3 Å². The van der Waals surface area contributed by atoms with Crippen molar-refractivity contribution in [2.45, 2.75) is 6.92 Å². The molecule has 0 saturated heterocycles. The third-order valence-corrected chi connectivity index (χ3v) is 4.19. The monoisotopic (exact) mass is 248 g/mol. The second-order valence-corrected chi connectivity index (χ2v) is 5.20. The van der Waals surface area contributed by atoms with Crippen molar-refractivity contribution in [1.82, 2.24) is 9.38 Å². The summed E-state index contributed by atoms with van der Waals surface area (Å²) in [6, 6.07) is 4.06. The van der Waals surface area contributed by atoms with E-state index in [0.29, 0.717) is 5.69 Å². The molecule has 3 aromatic heterocycles. The summed E-state index contributed by atoms with van der Waals surface area (Å²) in [6.07, 6.45) is 0.874. The van der Waals surface area contributed by atoms with Crippen molar-refractivity contribution in [2.75, 3.05) is 0 Å². The first-order valence-corrected chi connectivity index (χ1v) is 6.53. The summed E-state index contributed by atoms with van der Waals surface area (Å²) >= 11 is 3.23. The minimum absolute atomic E-state index is 0.652. The van der Waals surface area contributed by atoms with E-state index in [1.54, 1.807) is 22.7 Å². The van der Waals surface area contributed by atoms with E-state index in [1.165, 1.54) is 0 Å². The van der Waals surface area contributed by atoms with Gasteiger partial charge in [-0.1, -0.05) is 6.07 Å². The van der Waals surface area contributed by atoms with Gasteiger partial charge in [0, 0.05) is 5.38 Å². The second kappa shape index (κ2) is 3.54. The van der Waals surface area contributed by atoms with Crippen LogP contribution in [-0.2, 0) is 0 Å². The molecule has 3 rings (SSSR count). The molecule has 0 unspecified atom stereocenters. The normalized spacial score (nSPS) is 11.1. The number of fused-ring (bicyclic) bond motifs is 1. The molecular formula is C11H8N2OS2. The molecule has 0 saturated carbocycles. The van der Waals surface area contributed by atoms with Crippen LogP contribution in [0.2, 0.25) is 0 Å². The lowest BCUT2D eigenvalue weighted by Gasteiger charge is -1.96. The maximum atomic E-state index is 11.1. The molecule has 16 heavy (non-hydrogen) atoms. The zero-order valence-corrected chi connectivity index (χ0v) is 10.1. The molecule has 0 aliphatic carbocycles. The molecule has 0 aromatic carbocycles. The SMILES string of the molecule is Cc1nc2scc(-c3cccs3)n2c1C=O. The maximum absolute atomic E-state index is 11.1. The smallest absolute Gasteiger partial charge is 0.195 e. The Morgan fingerprint density at radius 2 is 2.31 bits per heavy atom. The predicted octanol–water partition coefficient (Wildman–Crippen LogP) is 3.25. The first-order chi connectivity index (χ1) is 7.81. The molecule has 0 bridgehead atoms. The van der Waals surface area contributed by atoms with Crippen LogP contribution in [-0.4, -0.2) is 15.7 Å². The zero-order valence-electron chi connectivity index (χ0n) is 8.51. The number of rotatable bonds is 2. The number of aldehydes is 1. The average Bonchev–Trinajstić information content (AvgIpc) is 2.91. The highest BCUT2D eigenvalue weighted by atomic mass is 32.1. The number of nitrogens with zero attached hydrogens (tertiary/aromatic N) is 2. The standard InChI is InChI=1S/C11H8N2OS2/c1-7-8(5-14)13-9(6-16-11(13)12-7)10-3-2-4-15-10/h2-6H,1H3. The van der Waals surface area contributed by atoms with Crippen LogP contribution in [0.1, 0.15) is 16.2 Å². The van der Waals surface area contributed by atoms with Gasteiger partial charge < -0.3 is 0 Å². The molecular weight excluding hydrogens is 240 g/mol. The summed E-state index contributed by atoms with van der Waals surface area (Å²) in [4.78, 5) is 17.5. The molecule has 80 valence electrons. The van der Waals surface area contributed by atoms with Crippen LogP contribution in [0.5, 0.6) is 0 Å². The van der Waals surface area contributed by atoms with Gasteiger partial charge in [-0.15, -0.1) is 22.7 Å². The van der Waals surface area contributed by atoms with Gasteiger partial charge >= 0.3 is 0 Å². The van der Waals surface area contributed by atoms with E-state index < -0.39 is 0 Å². The molecule has 3 nitrogen and oxygen atoms in total. The number of carbonyl (C=O) groups is 1. The first kappa shape index (κ1) is 9.74. The van der Waals surface area contributed by atoms with Gasteiger partial charge in [0.15, 0.2) is 11.2 Å². The minimum Gasteiger partial charge on any atom is -0.296 e. The van der Waals surface area contributed by atoms with Crippen LogP contribution in [0.3, 0.4) is 0 Å². The van der Waals surface area contributed by atoms with Gasteiger partial charge in [-0.05, 0) is 18.4 Å². The lowest BCUT2D eigenvalue weighted by atomic mass is 10.3. The van der Waals surface area contributed by atoms with Crippen molar-refractivity contribution >= 4 is 33.9 Å². The Labute approximate surface area is 100.0 Å². The van der Waals surface area contributed by atoms with E-state index in [2.05, 4.69) is 11.1 Å². The zero-order chi connectivity index (χ0) is 11.1. The van der Waals surface area contributed by atoms with Crippen LogP contribution in [0.15, 0.2) is 22.9 Å². The topological polar surface area (TPSA) is 34.4 Å². The Kier molecular flexibility index (Phi) is 2.15. The molecule has 0 atom stereocenters. The molecule has 0 N–H and O–H groups in total. The van der Waals surface area contributed by atoms with E-state index in [4.69, 9.17) is 0 Å². The second-order valence-electron chi connectivity index (χ2n) is 3.42. The third kappa shape index (κ3) is 1.25. The molecule has 0 fully saturated rings. The van der Waals surface area contributed by atoms with E-state index in [1.807, 2.05) is 28.2 Å². The Balaban J connectivity index is 2.38. The highest BCUT2D eigenvalue weighted by Gasteiger charge is 2.14. The number of aromatic nitrogens is 2. The van der Waals surface area contributed by atoms with Crippen LogP contribution in [0.25, 0.3) is 15.5 Å². The molecule has 3 heterocycles. The summed E-state index contributed by atoms with van der Waals surface area (Å²) in [5.74, 6) is 0. The number of imidazole rings is 1. The molecule has 3 aromatic rings. The summed E-state index contributed by atoms with van der Waals surface area (Å²) in [7, 11) is 0. The third-order valence-electron chi connectivity index (χ3n) is 2.47. The number of thiazole rings is 1. The Morgan fingerprint density at radius 1 is 1.44 bits per heavy atom. The predicted molar refractivity (Wildman–Crippen MR) is 66.5 cm³/mol. The van der Waals surface area contributed by atoms with Crippen molar-refractivity contribution < 1.29 is 4.79 Å². The number of hydrogen-bond acceptors (Lipinski definition) is 4. The van der Waals surface area contributed by atoms with Gasteiger partial charge in [0.05, 0.1) is 16.3 Å². The fourth-order valence-electron chi connectivity index (χ4n) is 1.72. The van der Waals surface area contributed by atoms with E-state index in [9.17, 15) is 4.79 Å². The highest BCUT2D eigenvalue weighted by Crippen LogP contribution is 2.30. The fourth-order valence-corrected chi connectivity index (χ4v) is 3.47. The molecule has 0 aliphatic rings. The Morgan fingerprint density at radius 3 is 3.00 bits per heavy atom. The van der Waals surface area contributed by atoms with E-state index in [-0.39, 0.29) is 0 Å². The number of aryl methyl sites for hydroxylation is 1. The van der Waals surface area contributed by atoms with Gasteiger partial charge in [-0.2, -0.15) is 0 Å². The first-order valence-electron chi connectivity index (χ1n) is 4.77. The summed E-state index contributed by atoms with van der Waals surface area (Å²) in [5.41, 5.74) is 2.50. The summed E-state index contributed by atoms with van der Waals surface area (Å²) in [6.45, 7) is 1.86. The summed E-state index contributed by atoms with van der Waals surface area (Å²) < 4.78 is 1.93.